The van der Waals surface area contributed by atoms with Crippen molar-refractivity contribution in [1.82, 2.24) is 4.98 Å². The molecule has 1 aromatic heterocycles. The first-order valence-corrected chi connectivity index (χ1v) is 4.39. The Morgan fingerprint density at radius 1 is 1.62 bits per heavy atom. The van der Waals surface area contributed by atoms with Gasteiger partial charge in [-0.15, -0.1) is 0 Å². The summed E-state index contributed by atoms with van der Waals surface area (Å²) in [6.45, 7) is 0. The zero-order valence-electron chi connectivity index (χ0n) is 6.61. The van der Waals surface area contributed by atoms with Crippen LogP contribution in [-0.2, 0) is 0 Å². The van der Waals surface area contributed by atoms with Gasteiger partial charge in [0.05, 0.1) is 10.7 Å². The number of halogens is 3. The quantitative estimate of drug-likeness (QED) is 0.848. The Bertz CT molecular complexity index is 364. The average molecular weight is 301 g/mol. The van der Waals surface area contributed by atoms with E-state index in [9.17, 15) is 13.6 Å². The molecule has 1 aromatic rings. The minimum atomic E-state index is -2.70. The third-order valence-electron chi connectivity index (χ3n) is 1.41. The van der Waals surface area contributed by atoms with Crippen LogP contribution in [0.3, 0.4) is 0 Å². The molecular formula is C7H6F2INO2. The smallest absolute Gasteiger partial charge is 0.279 e. The molecule has 6 heteroatoms. The number of pyridine rings is 1. The molecule has 3 nitrogen and oxygen atoms in total. The van der Waals surface area contributed by atoms with E-state index in [0.29, 0.717) is 0 Å². The minimum Gasteiger partial charge on any atom is -0.495 e. The van der Waals surface area contributed by atoms with E-state index in [0.717, 1.165) is 6.07 Å². The van der Waals surface area contributed by atoms with Gasteiger partial charge in [0.15, 0.2) is 0 Å². The molecule has 0 spiro atoms. The summed E-state index contributed by atoms with van der Waals surface area (Å²) in [7, 11) is 1.33. The van der Waals surface area contributed by atoms with Crippen molar-refractivity contribution in [3.8, 4) is 5.75 Å². The molecule has 0 aromatic carbocycles. The molecule has 0 atom stereocenters. The Morgan fingerprint density at radius 3 is 2.69 bits per heavy atom. The molecule has 0 aliphatic rings. The van der Waals surface area contributed by atoms with Crippen molar-refractivity contribution in [3.63, 3.8) is 0 Å². The molecule has 0 unspecified atom stereocenters. The van der Waals surface area contributed by atoms with Gasteiger partial charge >= 0.3 is 0 Å². The number of H-pyrrole nitrogens is 1. The predicted molar refractivity (Wildman–Crippen MR) is 51.3 cm³/mol. The van der Waals surface area contributed by atoms with Crippen LogP contribution in [0.1, 0.15) is 12.1 Å². The molecule has 13 heavy (non-hydrogen) atoms. The van der Waals surface area contributed by atoms with E-state index < -0.39 is 17.7 Å². The molecule has 1 rings (SSSR count). The van der Waals surface area contributed by atoms with Gasteiger partial charge in [0.1, 0.15) is 11.4 Å². The first-order chi connectivity index (χ1) is 6.06. The Labute approximate surface area is 86.2 Å². The summed E-state index contributed by atoms with van der Waals surface area (Å²) in [4.78, 5) is 12.9. The monoisotopic (exact) mass is 301 g/mol. The Morgan fingerprint density at radius 2 is 2.23 bits per heavy atom. The number of ether oxygens (including phenoxy) is 1. The molecule has 0 amide bonds. The van der Waals surface area contributed by atoms with E-state index in [1.165, 1.54) is 7.11 Å². The van der Waals surface area contributed by atoms with Crippen LogP contribution in [0, 0.1) is 3.57 Å². The lowest BCUT2D eigenvalue weighted by Gasteiger charge is -2.06. The van der Waals surface area contributed by atoms with Crippen molar-refractivity contribution in [2.75, 3.05) is 7.11 Å². The van der Waals surface area contributed by atoms with Gasteiger partial charge in [-0.05, 0) is 22.6 Å². The number of hydrogen-bond donors (Lipinski definition) is 1. The van der Waals surface area contributed by atoms with Crippen LogP contribution < -0.4 is 10.3 Å². The van der Waals surface area contributed by atoms with E-state index in [-0.39, 0.29) is 9.32 Å². The average Bonchev–Trinajstić information content (AvgIpc) is 2.08. The zero-order chi connectivity index (χ0) is 10.0. The van der Waals surface area contributed by atoms with Gasteiger partial charge in [-0.25, -0.2) is 8.78 Å². The highest BCUT2D eigenvalue weighted by atomic mass is 127. The molecule has 0 aliphatic heterocycles. The van der Waals surface area contributed by atoms with Gasteiger partial charge in [-0.1, -0.05) is 0 Å². The standard InChI is InChI=1S/C7H6F2INO2/c1-13-3-2-4(12)11-6(5(3)10)7(8)9/h2,7H,1H3,(H,11,12). The van der Waals surface area contributed by atoms with Crippen molar-refractivity contribution < 1.29 is 13.5 Å². The van der Waals surface area contributed by atoms with Gasteiger partial charge < -0.3 is 9.72 Å². The molecule has 0 saturated heterocycles. The largest absolute Gasteiger partial charge is 0.495 e. The maximum absolute atomic E-state index is 12.3. The summed E-state index contributed by atoms with van der Waals surface area (Å²) in [6, 6.07) is 1.13. The number of methoxy groups -OCH3 is 1. The summed E-state index contributed by atoms with van der Waals surface area (Å²) >= 11 is 1.70. The van der Waals surface area contributed by atoms with Crippen LogP contribution in [0.25, 0.3) is 0 Å². The summed E-state index contributed by atoms with van der Waals surface area (Å²) in [6.07, 6.45) is -2.70. The van der Waals surface area contributed by atoms with Gasteiger partial charge in [0.2, 0.25) is 0 Å². The number of hydrogen-bond acceptors (Lipinski definition) is 2. The third kappa shape index (κ3) is 2.17. The van der Waals surface area contributed by atoms with E-state index in [1.807, 2.05) is 0 Å². The van der Waals surface area contributed by atoms with Gasteiger partial charge in [0.25, 0.3) is 12.0 Å². The van der Waals surface area contributed by atoms with Crippen LogP contribution in [0.5, 0.6) is 5.75 Å². The first-order valence-electron chi connectivity index (χ1n) is 3.31. The lowest BCUT2D eigenvalue weighted by molar-refractivity contribution is 0.144. The molecule has 0 saturated carbocycles. The molecule has 1 N–H and O–H groups in total. The van der Waals surface area contributed by atoms with E-state index in [4.69, 9.17) is 4.74 Å². The maximum Gasteiger partial charge on any atom is 0.279 e. The highest BCUT2D eigenvalue weighted by Crippen LogP contribution is 2.27. The van der Waals surface area contributed by atoms with Crippen molar-refractivity contribution in [2.45, 2.75) is 6.43 Å². The van der Waals surface area contributed by atoms with E-state index in [1.54, 1.807) is 22.6 Å². The third-order valence-corrected chi connectivity index (χ3v) is 2.52. The van der Waals surface area contributed by atoms with Crippen molar-refractivity contribution in [3.05, 3.63) is 25.7 Å². The Hall–Kier alpha value is -0.660. The SMILES string of the molecule is COc1cc(=O)[nH]c(C(F)F)c1I. The number of rotatable bonds is 2. The highest BCUT2D eigenvalue weighted by Gasteiger charge is 2.16. The predicted octanol–water partition coefficient (Wildman–Crippen LogP) is 1.93. The second-order valence-electron chi connectivity index (χ2n) is 2.23. The van der Waals surface area contributed by atoms with E-state index in [2.05, 4.69) is 4.98 Å². The van der Waals surface area contributed by atoms with Crippen molar-refractivity contribution in [2.24, 2.45) is 0 Å². The fraction of sp³-hybridized carbons (Fsp3) is 0.286. The van der Waals surface area contributed by atoms with Crippen LogP contribution >= 0.6 is 22.6 Å². The minimum absolute atomic E-state index is 0.166. The lowest BCUT2D eigenvalue weighted by Crippen LogP contribution is -2.11. The summed E-state index contributed by atoms with van der Waals surface area (Å²) in [5, 5.41) is 0. The normalized spacial score (nSPS) is 10.5. The molecule has 0 radical (unpaired) electrons. The number of nitrogens with one attached hydrogen (secondary N) is 1. The second kappa shape index (κ2) is 4.03. The Balaban J connectivity index is 3.36. The summed E-state index contributed by atoms with van der Waals surface area (Å²) < 4.78 is 29.6. The van der Waals surface area contributed by atoms with Crippen LogP contribution in [-0.4, -0.2) is 12.1 Å². The number of aromatic amines is 1. The van der Waals surface area contributed by atoms with Crippen LogP contribution in [0.2, 0.25) is 0 Å². The van der Waals surface area contributed by atoms with Gasteiger partial charge in [-0.3, -0.25) is 4.79 Å². The first kappa shape index (κ1) is 10.4. The Kier molecular flexibility index (Phi) is 3.23. The second-order valence-corrected chi connectivity index (χ2v) is 3.31. The molecule has 0 fully saturated rings. The fourth-order valence-electron chi connectivity index (χ4n) is 0.838. The fourth-order valence-corrected chi connectivity index (χ4v) is 1.58. The van der Waals surface area contributed by atoms with Crippen LogP contribution in [0.4, 0.5) is 8.78 Å². The topological polar surface area (TPSA) is 42.1 Å². The molecular weight excluding hydrogens is 295 g/mol. The molecule has 0 aliphatic carbocycles. The van der Waals surface area contributed by atoms with Crippen LogP contribution in [0.15, 0.2) is 10.9 Å². The lowest BCUT2D eigenvalue weighted by atomic mass is 10.3. The zero-order valence-corrected chi connectivity index (χ0v) is 8.76. The number of alkyl halides is 2. The number of aromatic nitrogens is 1. The molecule has 72 valence electrons. The van der Waals surface area contributed by atoms with E-state index >= 15 is 0 Å². The van der Waals surface area contributed by atoms with Gasteiger partial charge in [-0.2, -0.15) is 0 Å². The highest BCUT2D eigenvalue weighted by molar-refractivity contribution is 14.1. The van der Waals surface area contributed by atoms with Gasteiger partial charge in [0, 0.05) is 6.07 Å². The van der Waals surface area contributed by atoms with Crippen molar-refractivity contribution in [1.29, 1.82) is 0 Å². The summed E-state index contributed by atoms with van der Waals surface area (Å²) in [5.74, 6) is 0.166. The molecule has 0 bridgehead atoms. The van der Waals surface area contributed by atoms with Crippen molar-refractivity contribution >= 4 is 22.6 Å². The molecule has 1 heterocycles. The maximum atomic E-state index is 12.3. The summed E-state index contributed by atoms with van der Waals surface area (Å²) in [5.41, 5.74) is -0.988.